The van der Waals surface area contributed by atoms with Gasteiger partial charge in [-0.1, -0.05) is 60.7 Å². The van der Waals surface area contributed by atoms with Crippen LogP contribution in [0.5, 0.6) is 11.5 Å². The molecule has 410 valence electrons. The predicted molar refractivity (Wildman–Crippen MR) is 331 cm³/mol. The molecule has 10 heteroatoms. The lowest BCUT2D eigenvalue weighted by Crippen LogP contribution is -2.35. The van der Waals surface area contributed by atoms with Gasteiger partial charge in [0.15, 0.2) is 0 Å². The molecule has 0 spiro atoms. The SMILES string of the molecule is CC1=C(CCC[N+](C)(C)C)c2cc3[nH]c(c(C)c3CCC[N+](C)(C)C)c(-c3c(O)ccc4ccccc34)c3nc(cc4[nH]c(c(C)c4CCC[N+](C)(C)C)c(-c4c(O)ccc5ccccc45)c1n2)C(CCC[N+](C)(C)C)=C3C. The number of hydrogen-bond donors (Lipinski definition) is 4. The van der Waals surface area contributed by atoms with Crippen molar-refractivity contribution in [3.63, 3.8) is 0 Å². The average Bonchev–Trinajstić information content (AvgIpc) is 4.25. The van der Waals surface area contributed by atoms with Gasteiger partial charge < -0.3 is 38.1 Å². The summed E-state index contributed by atoms with van der Waals surface area (Å²) in [6, 6.07) is 29.3. The maximum atomic E-state index is 12.4. The summed E-state index contributed by atoms with van der Waals surface area (Å²) in [5.41, 5.74) is 20.5. The predicted octanol–water partition coefficient (Wildman–Crippen LogP) is 14.1. The van der Waals surface area contributed by atoms with Gasteiger partial charge in [-0.2, -0.15) is 0 Å². The zero-order valence-electron chi connectivity index (χ0n) is 50.1. The summed E-state index contributed by atoms with van der Waals surface area (Å²) in [5, 5.41) is 29.0. The molecule has 4 N–H and O–H groups in total. The number of allylic oxidation sites excluding steroid dienone is 4. The van der Waals surface area contributed by atoms with E-state index in [1.54, 1.807) is 0 Å². The highest BCUT2D eigenvalue weighted by atomic mass is 16.3. The normalized spacial score (nSPS) is 13.7. The smallest absolute Gasteiger partial charge is 0.124 e. The first kappa shape index (κ1) is 56.2. The molecule has 0 saturated carbocycles. The minimum atomic E-state index is 0.227. The molecule has 78 heavy (non-hydrogen) atoms. The van der Waals surface area contributed by atoms with Crippen LogP contribution in [0.25, 0.3) is 88.2 Å². The van der Waals surface area contributed by atoms with E-state index >= 15 is 0 Å². The molecule has 3 aromatic heterocycles. The molecular weight excluding hydrogens is 961 g/mol. The second-order valence-electron chi connectivity index (χ2n) is 26.8. The van der Waals surface area contributed by atoms with Crippen LogP contribution in [-0.4, -0.2) is 159 Å². The van der Waals surface area contributed by atoms with E-state index in [4.69, 9.17) is 9.97 Å². The van der Waals surface area contributed by atoms with Crippen LogP contribution in [0.4, 0.5) is 0 Å². The number of aromatic amines is 2. The van der Waals surface area contributed by atoms with Crippen molar-refractivity contribution in [3.05, 3.63) is 130 Å². The number of aromatic nitrogens is 4. The van der Waals surface area contributed by atoms with Gasteiger partial charge in [-0.15, -0.1) is 0 Å². The van der Waals surface area contributed by atoms with Gasteiger partial charge in [0.1, 0.15) is 11.5 Å². The van der Waals surface area contributed by atoms with Crippen molar-refractivity contribution < 1.29 is 28.1 Å². The summed E-state index contributed by atoms with van der Waals surface area (Å²) >= 11 is 0. The van der Waals surface area contributed by atoms with Crippen molar-refractivity contribution in [2.75, 3.05) is 111 Å². The third-order valence-corrected chi connectivity index (χ3v) is 16.4. The van der Waals surface area contributed by atoms with Gasteiger partial charge in [-0.25, -0.2) is 9.97 Å². The Morgan fingerprint density at radius 1 is 0.410 bits per heavy atom. The first-order valence-electron chi connectivity index (χ1n) is 28.5. The number of aryl methyl sites for hydroxylation is 4. The maximum Gasteiger partial charge on any atom is 0.124 e. The van der Waals surface area contributed by atoms with Crippen LogP contribution in [0.2, 0.25) is 0 Å². The Labute approximate surface area is 465 Å². The zero-order valence-corrected chi connectivity index (χ0v) is 50.1. The highest BCUT2D eigenvalue weighted by molar-refractivity contribution is 6.11. The quantitative estimate of drug-likeness (QED) is 0.0644. The standard InChI is InChI=1S/C68H88N8O2/c1-43-49(29-21-37-73(5,6)7)55-41-56-51(31-23-39-75(11,12)13)45(3)67(71-56)64(62-54-28-20-18-26-48(54)34-36-60(62)78)68-46(4)52(32-24-40-76(14,15)16)58(72-68)42-57-50(30-22-38-74(8,9)10)44(2)66(70-57)63(65(43)69-55)61-53-27-19-17-25-47(53)33-35-59(61)77/h17-20,25-28,33-36,41-42H,21-24,29-32,37-40H2,1-16H3,(H2-2,69,70,71,72,77,78)/q+2/p+2. The third-order valence-electron chi connectivity index (χ3n) is 16.4. The Balaban J connectivity index is 1.53. The van der Waals surface area contributed by atoms with E-state index in [1.807, 2.05) is 24.3 Å². The van der Waals surface area contributed by atoms with Crippen LogP contribution in [0.1, 0.15) is 97.4 Å². The Bertz CT molecular complexity index is 3450. The molecule has 2 aliphatic heterocycles. The Morgan fingerprint density at radius 3 is 1.09 bits per heavy atom. The van der Waals surface area contributed by atoms with Crippen molar-refractivity contribution >= 4 is 65.9 Å². The number of benzene rings is 4. The van der Waals surface area contributed by atoms with Gasteiger partial charge in [0, 0.05) is 59.0 Å². The molecule has 0 aliphatic carbocycles. The van der Waals surface area contributed by atoms with E-state index in [-0.39, 0.29) is 11.5 Å². The second-order valence-corrected chi connectivity index (χ2v) is 26.8. The van der Waals surface area contributed by atoms with Gasteiger partial charge in [0.05, 0.1) is 145 Å². The summed E-state index contributed by atoms with van der Waals surface area (Å²) in [7, 11) is 27.2. The molecule has 9 rings (SSSR count). The molecule has 10 nitrogen and oxygen atoms in total. The minimum absolute atomic E-state index is 0.227. The number of rotatable bonds is 18. The lowest BCUT2D eigenvalue weighted by molar-refractivity contribution is -0.870. The summed E-state index contributed by atoms with van der Waals surface area (Å²) in [6.45, 7) is 13.1. The topological polar surface area (TPSA) is 97.8 Å². The molecule has 0 atom stereocenters. The highest BCUT2D eigenvalue weighted by Crippen LogP contribution is 2.49. The fourth-order valence-electron chi connectivity index (χ4n) is 12.2. The van der Waals surface area contributed by atoms with Gasteiger partial charge in [-0.05, 0) is 144 Å². The van der Waals surface area contributed by atoms with Crippen LogP contribution >= 0.6 is 0 Å². The number of H-pyrrole nitrogens is 2. The number of fused-ring (bicyclic) bond motifs is 10. The molecule has 0 saturated heterocycles. The summed E-state index contributed by atoms with van der Waals surface area (Å²) in [5.74, 6) is 0.454. The van der Waals surface area contributed by atoms with Crippen molar-refractivity contribution in [3.8, 4) is 33.8 Å². The number of phenolic OH excluding ortho intramolecular Hbond substituents is 2. The van der Waals surface area contributed by atoms with Crippen molar-refractivity contribution in [1.29, 1.82) is 0 Å². The molecule has 5 heterocycles. The Morgan fingerprint density at radius 2 is 0.744 bits per heavy atom. The molecule has 7 aromatic rings. The molecule has 0 fully saturated rings. The van der Waals surface area contributed by atoms with Gasteiger partial charge in [-0.3, -0.25) is 0 Å². The molecular formula is C68H90N8O2+4. The number of quaternary nitrogens is 4. The van der Waals surface area contributed by atoms with E-state index in [0.29, 0.717) is 0 Å². The lowest BCUT2D eigenvalue weighted by atomic mass is 9.91. The van der Waals surface area contributed by atoms with Crippen LogP contribution in [0.3, 0.4) is 0 Å². The fraction of sp³-hybridized carbons (Fsp3) is 0.412. The number of aromatic hydroxyl groups is 2. The molecule has 0 radical (unpaired) electrons. The van der Waals surface area contributed by atoms with Crippen molar-refractivity contribution in [2.24, 2.45) is 0 Å². The Hall–Kier alpha value is -6.56. The van der Waals surface area contributed by atoms with Crippen LogP contribution in [0, 0.1) is 13.8 Å². The summed E-state index contributed by atoms with van der Waals surface area (Å²) in [4.78, 5) is 20.0. The first-order chi connectivity index (χ1) is 36.7. The molecule has 2 aliphatic rings. The monoisotopic (exact) mass is 1050 g/mol. The Kier molecular flexibility index (Phi) is 15.5. The third kappa shape index (κ3) is 11.9. The highest BCUT2D eigenvalue weighted by Gasteiger charge is 2.30. The van der Waals surface area contributed by atoms with Crippen molar-refractivity contribution in [1.82, 2.24) is 19.9 Å². The van der Waals surface area contributed by atoms with E-state index in [9.17, 15) is 10.2 Å². The number of nitrogens with zero attached hydrogens (tertiary/aromatic N) is 6. The zero-order chi connectivity index (χ0) is 56.2. The molecule has 8 bridgehead atoms. The minimum Gasteiger partial charge on any atom is -0.507 e. The summed E-state index contributed by atoms with van der Waals surface area (Å²) < 4.78 is 3.46. The summed E-state index contributed by atoms with van der Waals surface area (Å²) in [6.07, 6.45) is 7.32. The van der Waals surface area contributed by atoms with Crippen LogP contribution in [0.15, 0.2) is 84.9 Å². The van der Waals surface area contributed by atoms with E-state index in [2.05, 4.69) is 183 Å². The number of nitrogens with one attached hydrogen (secondary N) is 2. The largest absolute Gasteiger partial charge is 0.507 e. The first-order valence-corrected chi connectivity index (χ1v) is 28.5. The average molecular weight is 1050 g/mol. The van der Waals surface area contributed by atoms with E-state index in [0.717, 1.165) is 206 Å². The molecule has 0 unspecified atom stereocenters. The van der Waals surface area contributed by atoms with Crippen molar-refractivity contribution in [2.45, 2.75) is 79.1 Å². The van der Waals surface area contributed by atoms with Crippen LogP contribution < -0.4 is 0 Å². The van der Waals surface area contributed by atoms with Gasteiger partial charge in [0.25, 0.3) is 0 Å². The second kappa shape index (κ2) is 21.6. The maximum absolute atomic E-state index is 12.4. The molecule has 0 amide bonds. The fourth-order valence-corrected chi connectivity index (χ4v) is 12.2. The van der Waals surface area contributed by atoms with E-state index in [1.165, 1.54) is 22.3 Å². The number of hydrogen-bond acceptors (Lipinski definition) is 4. The number of phenols is 2. The molecule has 4 aromatic carbocycles. The van der Waals surface area contributed by atoms with Gasteiger partial charge >= 0.3 is 0 Å². The van der Waals surface area contributed by atoms with Gasteiger partial charge in [0.2, 0.25) is 0 Å². The van der Waals surface area contributed by atoms with E-state index < -0.39 is 0 Å². The van der Waals surface area contributed by atoms with Crippen LogP contribution in [-0.2, 0) is 12.8 Å². The lowest BCUT2D eigenvalue weighted by Gasteiger charge is -2.23.